The molecule has 1 rings (SSSR count). The summed E-state index contributed by atoms with van der Waals surface area (Å²) < 4.78 is 52.2. The Morgan fingerprint density at radius 1 is 0.938 bits per heavy atom. The van der Waals surface area contributed by atoms with Crippen LogP contribution in [-0.2, 0) is 13.0 Å². The second kappa shape index (κ2) is 5.12. The second-order valence-electron chi connectivity index (χ2n) is 3.14. The molecule has 1 nitrogen and oxygen atoms in total. The molecule has 0 aliphatic carbocycles. The molecular weight excluding hydrogens is 224 g/mol. The van der Waals surface area contributed by atoms with Gasteiger partial charge in [0.15, 0.2) is 23.3 Å². The van der Waals surface area contributed by atoms with Crippen molar-refractivity contribution in [3.63, 3.8) is 0 Å². The van der Waals surface area contributed by atoms with Crippen LogP contribution < -0.4 is 0 Å². The second-order valence-corrected chi connectivity index (χ2v) is 3.14. The van der Waals surface area contributed by atoms with Gasteiger partial charge in [0, 0.05) is 11.1 Å². The Morgan fingerprint density at radius 2 is 1.44 bits per heavy atom. The van der Waals surface area contributed by atoms with E-state index in [4.69, 9.17) is 5.11 Å². The maximum atomic E-state index is 13.3. The van der Waals surface area contributed by atoms with Crippen LogP contribution in [0.25, 0.3) is 0 Å². The van der Waals surface area contributed by atoms with E-state index in [1.165, 1.54) is 6.08 Å². The Morgan fingerprint density at radius 3 is 1.88 bits per heavy atom. The number of hydrogen-bond acceptors (Lipinski definition) is 1. The van der Waals surface area contributed by atoms with Crippen LogP contribution in [0.3, 0.4) is 0 Å². The number of aliphatic hydroxyl groups is 1. The van der Waals surface area contributed by atoms with Gasteiger partial charge >= 0.3 is 0 Å². The fourth-order valence-corrected chi connectivity index (χ4v) is 1.34. The van der Waals surface area contributed by atoms with E-state index in [2.05, 4.69) is 0 Å². The summed E-state index contributed by atoms with van der Waals surface area (Å²) in [5.74, 6) is -6.75. The Labute approximate surface area is 90.0 Å². The first kappa shape index (κ1) is 12.7. The van der Waals surface area contributed by atoms with E-state index in [-0.39, 0.29) is 12.0 Å². The molecule has 16 heavy (non-hydrogen) atoms. The fourth-order valence-electron chi connectivity index (χ4n) is 1.34. The number of aliphatic hydroxyl groups excluding tert-OH is 1. The van der Waals surface area contributed by atoms with E-state index in [1.807, 2.05) is 0 Å². The smallest absolute Gasteiger partial charge is 0.197 e. The van der Waals surface area contributed by atoms with Crippen molar-refractivity contribution in [2.45, 2.75) is 20.0 Å². The lowest BCUT2D eigenvalue weighted by atomic mass is 10.0. The fraction of sp³-hybridized carbons (Fsp3) is 0.273. The minimum Gasteiger partial charge on any atom is -0.392 e. The normalized spacial score (nSPS) is 11.4. The van der Waals surface area contributed by atoms with Gasteiger partial charge < -0.3 is 5.11 Å². The number of benzene rings is 1. The van der Waals surface area contributed by atoms with E-state index >= 15 is 0 Å². The van der Waals surface area contributed by atoms with Gasteiger partial charge in [-0.2, -0.15) is 0 Å². The highest BCUT2D eigenvalue weighted by Gasteiger charge is 2.23. The molecule has 0 aliphatic rings. The Bertz CT molecular complexity index is 427. The van der Waals surface area contributed by atoms with E-state index < -0.39 is 35.4 Å². The highest BCUT2D eigenvalue weighted by molar-refractivity contribution is 5.33. The van der Waals surface area contributed by atoms with Crippen molar-refractivity contribution in [1.82, 2.24) is 0 Å². The number of hydrogen-bond donors (Lipinski definition) is 1. The minimum absolute atomic E-state index is 0.105. The van der Waals surface area contributed by atoms with E-state index in [1.54, 1.807) is 13.0 Å². The molecular formula is C11H10F4O. The van der Waals surface area contributed by atoms with Gasteiger partial charge in [0.2, 0.25) is 0 Å². The van der Waals surface area contributed by atoms with Gasteiger partial charge in [0.1, 0.15) is 0 Å². The Kier molecular flexibility index (Phi) is 4.06. The lowest BCUT2D eigenvalue weighted by Gasteiger charge is -2.10. The third-order valence-corrected chi connectivity index (χ3v) is 2.19. The lowest BCUT2D eigenvalue weighted by molar-refractivity contribution is 0.268. The molecule has 0 fully saturated rings. The molecule has 0 bridgehead atoms. The molecule has 88 valence electrons. The Hall–Kier alpha value is -1.36. The predicted octanol–water partition coefficient (Wildman–Crippen LogP) is 2.85. The molecule has 0 spiro atoms. The third-order valence-electron chi connectivity index (χ3n) is 2.19. The molecule has 1 aromatic rings. The highest BCUT2D eigenvalue weighted by atomic mass is 19.2. The van der Waals surface area contributed by atoms with Gasteiger partial charge in [-0.1, -0.05) is 12.2 Å². The van der Waals surface area contributed by atoms with Gasteiger partial charge in [-0.25, -0.2) is 17.6 Å². The topological polar surface area (TPSA) is 20.2 Å². The molecule has 5 heteroatoms. The van der Waals surface area contributed by atoms with Crippen molar-refractivity contribution in [2.24, 2.45) is 0 Å². The van der Waals surface area contributed by atoms with Crippen molar-refractivity contribution in [3.8, 4) is 0 Å². The summed E-state index contributed by atoms with van der Waals surface area (Å²) in [6.07, 6.45) is 2.90. The molecule has 1 aromatic carbocycles. The van der Waals surface area contributed by atoms with Crippen molar-refractivity contribution in [3.05, 3.63) is 46.5 Å². The monoisotopic (exact) mass is 234 g/mol. The number of rotatable bonds is 3. The molecule has 0 unspecified atom stereocenters. The van der Waals surface area contributed by atoms with Crippen LogP contribution in [0.1, 0.15) is 18.1 Å². The maximum Gasteiger partial charge on any atom is 0.197 e. The summed E-state index contributed by atoms with van der Waals surface area (Å²) in [4.78, 5) is 0. The van der Waals surface area contributed by atoms with Crippen molar-refractivity contribution < 1.29 is 22.7 Å². The van der Waals surface area contributed by atoms with Crippen LogP contribution in [0.5, 0.6) is 0 Å². The average Bonchev–Trinajstić information content (AvgIpc) is 2.29. The van der Waals surface area contributed by atoms with Gasteiger partial charge in [0.05, 0.1) is 6.61 Å². The first-order chi connectivity index (χ1) is 7.54. The highest BCUT2D eigenvalue weighted by Crippen LogP contribution is 2.24. The SMILES string of the molecule is C/C=C/Cc1c(F)c(F)c(F)c(F)c1CO. The molecule has 0 amide bonds. The van der Waals surface area contributed by atoms with E-state index in [9.17, 15) is 17.6 Å². The summed E-state index contributed by atoms with van der Waals surface area (Å²) in [6, 6.07) is 0. The van der Waals surface area contributed by atoms with Gasteiger partial charge in [-0.3, -0.25) is 0 Å². The first-order valence-electron chi connectivity index (χ1n) is 4.60. The molecule has 0 aliphatic heterocycles. The zero-order chi connectivity index (χ0) is 12.3. The van der Waals surface area contributed by atoms with Crippen molar-refractivity contribution in [2.75, 3.05) is 0 Å². The lowest BCUT2D eigenvalue weighted by Crippen LogP contribution is -2.08. The summed E-state index contributed by atoms with van der Waals surface area (Å²) in [7, 11) is 0. The van der Waals surface area contributed by atoms with Crippen LogP contribution in [0.4, 0.5) is 17.6 Å². The van der Waals surface area contributed by atoms with Crippen molar-refractivity contribution in [1.29, 1.82) is 0 Å². The largest absolute Gasteiger partial charge is 0.392 e. The van der Waals surface area contributed by atoms with Gasteiger partial charge in [-0.05, 0) is 13.3 Å². The van der Waals surface area contributed by atoms with Gasteiger partial charge in [-0.15, -0.1) is 0 Å². The molecule has 0 heterocycles. The summed E-state index contributed by atoms with van der Waals surface area (Å²) in [6.45, 7) is 0.763. The quantitative estimate of drug-likeness (QED) is 0.369. The third kappa shape index (κ3) is 2.09. The maximum absolute atomic E-state index is 13.3. The molecule has 0 aromatic heterocycles. The van der Waals surface area contributed by atoms with Gasteiger partial charge in [0.25, 0.3) is 0 Å². The molecule has 0 radical (unpaired) electrons. The molecule has 0 saturated heterocycles. The van der Waals surface area contributed by atoms with Crippen LogP contribution in [-0.4, -0.2) is 5.11 Å². The summed E-state index contributed by atoms with van der Waals surface area (Å²) >= 11 is 0. The minimum atomic E-state index is -1.90. The van der Waals surface area contributed by atoms with Crippen LogP contribution in [0.2, 0.25) is 0 Å². The van der Waals surface area contributed by atoms with Crippen molar-refractivity contribution >= 4 is 0 Å². The summed E-state index contributed by atoms with van der Waals surface area (Å²) in [5, 5.41) is 8.82. The van der Waals surface area contributed by atoms with E-state index in [0.29, 0.717) is 0 Å². The zero-order valence-electron chi connectivity index (χ0n) is 8.53. The molecule has 0 saturated carbocycles. The van der Waals surface area contributed by atoms with E-state index in [0.717, 1.165) is 0 Å². The zero-order valence-corrected chi connectivity index (χ0v) is 8.53. The molecule has 0 atom stereocenters. The standard InChI is InChI=1S/C11H10F4O/c1-2-3-4-6-7(5-16)9(13)11(15)10(14)8(6)12/h2-3,16H,4-5H2,1H3/b3-2+. The first-order valence-corrected chi connectivity index (χ1v) is 4.60. The van der Waals surface area contributed by atoms with Crippen LogP contribution >= 0.6 is 0 Å². The number of allylic oxidation sites excluding steroid dienone is 2. The predicted molar refractivity (Wildman–Crippen MR) is 50.7 cm³/mol. The summed E-state index contributed by atoms with van der Waals surface area (Å²) in [5.41, 5.74) is -0.911. The number of halogens is 4. The average molecular weight is 234 g/mol. The molecule has 1 N–H and O–H groups in total. The Balaban J connectivity index is 3.44. The van der Waals surface area contributed by atoms with Crippen LogP contribution in [0.15, 0.2) is 12.2 Å². The van der Waals surface area contributed by atoms with Crippen LogP contribution in [0, 0.1) is 23.3 Å².